The molecule has 1 saturated carbocycles. The van der Waals surface area contributed by atoms with E-state index < -0.39 is 33.3 Å². The lowest BCUT2D eigenvalue weighted by atomic mass is 9.88. The van der Waals surface area contributed by atoms with Gasteiger partial charge >= 0.3 is 0 Å². The van der Waals surface area contributed by atoms with Crippen LogP contribution in [-0.2, 0) is 10.2 Å². The highest BCUT2D eigenvalue weighted by molar-refractivity contribution is 6.56. The first-order chi connectivity index (χ1) is 15.5. The lowest BCUT2D eigenvalue weighted by Gasteiger charge is -2.20. The van der Waals surface area contributed by atoms with Crippen molar-refractivity contribution in [1.82, 2.24) is 0 Å². The molecule has 3 aromatic rings. The van der Waals surface area contributed by atoms with Crippen LogP contribution in [0.2, 0.25) is 15.1 Å². The SMILES string of the molecule is NC(=O)C1(c2ccc(Cl)c(C(=O)Nc3ccccc3)c2Cl)C(c2ccc(F)c(Cl)c2)C1(Cl)Cl. The molecule has 1 fully saturated rings. The number of halogens is 6. The van der Waals surface area contributed by atoms with Gasteiger partial charge < -0.3 is 11.1 Å². The van der Waals surface area contributed by atoms with E-state index in [9.17, 15) is 14.0 Å². The van der Waals surface area contributed by atoms with Crippen molar-refractivity contribution in [2.75, 3.05) is 5.32 Å². The van der Waals surface area contributed by atoms with E-state index in [0.29, 0.717) is 11.3 Å². The van der Waals surface area contributed by atoms with Gasteiger partial charge in [0.2, 0.25) is 5.91 Å². The van der Waals surface area contributed by atoms with Crippen molar-refractivity contribution < 1.29 is 14.0 Å². The number of rotatable bonds is 5. The topological polar surface area (TPSA) is 72.2 Å². The van der Waals surface area contributed by atoms with Gasteiger partial charge in [-0.3, -0.25) is 9.59 Å². The van der Waals surface area contributed by atoms with Crippen LogP contribution in [0.25, 0.3) is 0 Å². The Labute approximate surface area is 213 Å². The Morgan fingerprint density at radius 2 is 1.61 bits per heavy atom. The van der Waals surface area contributed by atoms with E-state index in [1.165, 1.54) is 24.3 Å². The fraction of sp³-hybridized carbons (Fsp3) is 0.130. The molecule has 2 atom stereocenters. The second-order valence-corrected chi connectivity index (χ2v) is 10.1. The van der Waals surface area contributed by atoms with Gasteiger partial charge in [0, 0.05) is 11.6 Å². The van der Waals surface area contributed by atoms with E-state index in [2.05, 4.69) is 5.32 Å². The van der Waals surface area contributed by atoms with Crippen LogP contribution in [0.15, 0.2) is 60.7 Å². The van der Waals surface area contributed by atoms with E-state index in [1.54, 1.807) is 30.3 Å². The van der Waals surface area contributed by atoms with Crippen molar-refractivity contribution in [2.45, 2.75) is 15.7 Å². The van der Waals surface area contributed by atoms with Gasteiger partial charge in [-0.05, 0) is 41.5 Å². The molecule has 0 bridgehead atoms. The second kappa shape index (κ2) is 8.64. The van der Waals surface area contributed by atoms with Gasteiger partial charge in [0.25, 0.3) is 5.91 Å². The first kappa shape index (κ1) is 24.1. The van der Waals surface area contributed by atoms with E-state index in [-0.39, 0.29) is 26.2 Å². The maximum Gasteiger partial charge on any atom is 0.258 e. The zero-order valence-electron chi connectivity index (χ0n) is 16.5. The molecule has 0 aromatic heterocycles. The summed E-state index contributed by atoms with van der Waals surface area (Å²) in [6, 6.07) is 15.4. The summed E-state index contributed by atoms with van der Waals surface area (Å²) in [5.41, 5.74) is 5.00. The molecule has 3 aromatic carbocycles. The number of hydrogen-bond donors (Lipinski definition) is 2. The predicted octanol–water partition coefficient (Wildman–Crippen LogP) is 6.73. The third-order valence-electron chi connectivity index (χ3n) is 5.68. The van der Waals surface area contributed by atoms with E-state index in [0.717, 1.165) is 6.07 Å². The molecule has 1 aliphatic rings. The summed E-state index contributed by atoms with van der Waals surface area (Å²) < 4.78 is 12.0. The summed E-state index contributed by atoms with van der Waals surface area (Å²) in [5.74, 6) is -3.04. The number of hydrogen-bond acceptors (Lipinski definition) is 2. The average molecular weight is 547 g/mol. The van der Waals surface area contributed by atoms with Crippen LogP contribution in [0.3, 0.4) is 0 Å². The molecule has 2 unspecified atom stereocenters. The van der Waals surface area contributed by atoms with Crippen LogP contribution in [-0.4, -0.2) is 16.1 Å². The number of amides is 2. The zero-order valence-corrected chi connectivity index (χ0v) is 20.3. The van der Waals surface area contributed by atoms with Gasteiger partial charge in [-0.1, -0.05) is 88.3 Å². The first-order valence-corrected chi connectivity index (χ1v) is 11.4. The van der Waals surface area contributed by atoms with Gasteiger partial charge in [-0.15, -0.1) is 0 Å². The number of carbonyl (C=O) groups is 2. The standard InChI is InChI=1S/C23H14Cl5FN2O2/c24-14-8-7-13(18(26)17(14)20(32)31-12-4-2-1-3-5-12)22(21(30)33)19(23(22,27)28)11-6-9-16(29)15(25)10-11/h1-10,19H,(H2,30,33)(H,31,32). The zero-order chi connectivity index (χ0) is 24.1. The molecule has 0 spiro atoms. The van der Waals surface area contributed by atoms with Crippen LogP contribution in [0.4, 0.5) is 10.1 Å². The smallest absolute Gasteiger partial charge is 0.258 e. The fourth-order valence-electron chi connectivity index (χ4n) is 4.11. The molecule has 2 amide bonds. The highest BCUT2D eigenvalue weighted by Crippen LogP contribution is 2.75. The van der Waals surface area contributed by atoms with Gasteiger partial charge in [-0.2, -0.15) is 0 Å². The monoisotopic (exact) mass is 544 g/mol. The Morgan fingerprint density at radius 3 is 2.21 bits per heavy atom. The number of anilines is 1. The maximum absolute atomic E-state index is 13.7. The molecule has 4 rings (SSSR count). The molecule has 170 valence electrons. The van der Waals surface area contributed by atoms with Crippen molar-refractivity contribution >= 4 is 75.5 Å². The van der Waals surface area contributed by atoms with Crippen LogP contribution in [0, 0.1) is 5.82 Å². The molecular weight excluding hydrogens is 533 g/mol. The number of benzene rings is 3. The molecule has 0 aliphatic heterocycles. The third kappa shape index (κ3) is 3.76. The van der Waals surface area contributed by atoms with E-state index >= 15 is 0 Å². The second-order valence-electron chi connectivity index (χ2n) is 7.51. The predicted molar refractivity (Wildman–Crippen MR) is 130 cm³/mol. The molecular formula is C23H14Cl5FN2O2. The molecule has 10 heteroatoms. The van der Waals surface area contributed by atoms with Gasteiger partial charge in [-0.25, -0.2) is 4.39 Å². The molecule has 33 heavy (non-hydrogen) atoms. The van der Waals surface area contributed by atoms with E-state index in [4.69, 9.17) is 63.7 Å². The Bertz CT molecular complexity index is 1290. The quantitative estimate of drug-likeness (QED) is 0.348. The summed E-state index contributed by atoms with van der Waals surface area (Å²) >= 11 is 32.0. The Kier molecular flexibility index (Phi) is 6.31. The Balaban J connectivity index is 1.84. The fourth-order valence-corrected chi connectivity index (χ4v) is 6.07. The molecule has 0 radical (unpaired) electrons. The Morgan fingerprint density at radius 1 is 0.939 bits per heavy atom. The van der Waals surface area contributed by atoms with Gasteiger partial charge in [0.15, 0.2) is 0 Å². The van der Waals surface area contributed by atoms with Crippen LogP contribution < -0.4 is 11.1 Å². The van der Waals surface area contributed by atoms with Crippen LogP contribution in [0.5, 0.6) is 0 Å². The largest absolute Gasteiger partial charge is 0.369 e. The summed E-state index contributed by atoms with van der Waals surface area (Å²) in [4.78, 5) is 25.8. The van der Waals surface area contributed by atoms with Crippen molar-refractivity contribution in [3.05, 3.63) is 98.2 Å². The summed E-state index contributed by atoms with van der Waals surface area (Å²) in [5, 5.41) is 2.44. The van der Waals surface area contributed by atoms with Crippen molar-refractivity contribution in [2.24, 2.45) is 5.73 Å². The maximum atomic E-state index is 13.7. The molecule has 0 saturated heterocycles. The Hall–Kier alpha value is -2.02. The van der Waals surface area contributed by atoms with Crippen LogP contribution in [0.1, 0.15) is 27.4 Å². The van der Waals surface area contributed by atoms with E-state index in [1.807, 2.05) is 0 Å². The molecule has 3 N–H and O–H groups in total. The minimum atomic E-state index is -1.75. The number of primary amides is 1. The first-order valence-electron chi connectivity index (χ1n) is 9.51. The minimum absolute atomic E-state index is 0.0496. The van der Waals surface area contributed by atoms with Gasteiger partial charge in [0.1, 0.15) is 15.6 Å². The highest BCUT2D eigenvalue weighted by atomic mass is 35.5. The molecule has 4 nitrogen and oxygen atoms in total. The van der Waals surface area contributed by atoms with Crippen molar-refractivity contribution in [3.8, 4) is 0 Å². The third-order valence-corrected chi connectivity index (χ3v) is 7.71. The van der Waals surface area contributed by atoms with Crippen LogP contribution >= 0.6 is 58.0 Å². The summed E-state index contributed by atoms with van der Waals surface area (Å²) in [6.07, 6.45) is 0. The minimum Gasteiger partial charge on any atom is -0.369 e. The number of para-hydroxylation sites is 1. The molecule has 1 aliphatic carbocycles. The lowest BCUT2D eigenvalue weighted by molar-refractivity contribution is -0.120. The average Bonchev–Trinajstić information content (AvgIpc) is 3.28. The van der Waals surface area contributed by atoms with Crippen molar-refractivity contribution in [3.63, 3.8) is 0 Å². The molecule has 0 heterocycles. The number of nitrogens with two attached hydrogens (primary N) is 1. The lowest BCUT2D eigenvalue weighted by Crippen LogP contribution is -2.34. The highest BCUT2D eigenvalue weighted by Gasteiger charge is 2.81. The summed E-state index contributed by atoms with van der Waals surface area (Å²) in [7, 11) is 0. The normalized spacial score (nSPS) is 20.8. The van der Waals surface area contributed by atoms with Crippen molar-refractivity contribution in [1.29, 1.82) is 0 Å². The number of alkyl halides is 2. The number of carbonyl (C=O) groups excluding carboxylic acids is 2. The number of nitrogens with one attached hydrogen (secondary N) is 1. The summed E-state index contributed by atoms with van der Waals surface area (Å²) in [6.45, 7) is 0. The van der Waals surface area contributed by atoms with Gasteiger partial charge in [0.05, 0.1) is 20.6 Å².